The van der Waals surface area contributed by atoms with Crippen LogP contribution in [0.15, 0.2) is 33.6 Å². The van der Waals surface area contributed by atoms with Crippen molar-refractivity contribution in [2.24, 2.45) is 15.4 Å². The van der Waals surface area contributed by atoms with E-state index >= 15 is 0 Å². The summed E-state index contributed by atoms with van der Waals surface area (Å²) in [5.41, 5.74) is -0.0393. The Labute approximate surface area is 85.5 Å². The first kappa shape index (κ1) is 9.89. The zero-order chi connectivity index (χ0) is 10.9. The van der Waals surface area contributed by atoms with E-state index in [1.807, 2.05) is 0 Å². The molecule has 0 spiro atoms. The fraction of sp³-hybridized carbons (Fsp3) is 0.300. The molecule has 5 heteroatoms. The van der Waals surface area contributed by atoms with Gasteiger partial charge in [0.15, 0.2) is 0 Å². The number of hydrogen-bond donors (Lipinski definition) is 0. The van der Waals surface area contributed by atoms with Gasteiger partial charge in [0.25, 0.3) is 0 Å². The molecule has 1 aromatic carbocycles. The van der Waals surface area contributed by atoms with E-state index in [4.69, 9.17) is 0 Å². The van der Waals surface area contributed by atoms with Crippen LogP contribution in [0, 0.1) is 11.6 Å². The molecule has 0 saturated carbocycles. The Bertz CT molecular complexity index is 408. The monoisotopic (exact) mass is 209 g/mol. The predicted molar refractivity (Wildman–Crippen MR) is 51.8 cm³/mol. The number of nitrogens with zero attached hydrogens (tertiary/aromatic N) is 3. The van der Waals surface area contributed by atoms with Crippen LogP contribution in [-0.2, 0) is 6.42 Å². The minimum absolute atomic E-state index is 0.384. The molecule has 1 aliphatic heterocycles. The van der Waals surface area contributed by atoms with Gasteiger partial charge in [-0.05, 0) is 29.8 Å². The number of rotatable bonds is 2. The van der Waals surface area contributed by atoms with E-state index in [0.717, 1.165) is 6.07 Å². The van der Waals surface area contributed by atoms with Crippen LogP contribution in [0.3, 0.4) is 0 Å². The van der Waals surface area contributed by atoms with Crippen molar-refractivity contribution < 1.29 is 8.78 Å². The lowest BCUT2D eigenvalue weighted by atomic mass is 9.95. The van der Waals surface area contributed by atoms with Crippen LogP contribution in [0.2, 0.25) is 0 Å². The van der Waals surface area contributed by atoms with Crippen LogP contribution in [0.25, 0.3) is 0 Å². The molecule has 15 heavy (non-hydrogen) atoms. The zero-order valence-corrected chi connectivity index (χ0v) is 8.11. The Balaban J connectivity index is 2.24. The van der Waals surface area contributed by atoms with Crippen molar-refractivity contribution in [3.05, 3.63) is 35.4 Å². The minimum Gasteiger partial charge on any atom is -0.207 e. The number of benzene rings is 1. The van der Waals surface area contributed by atoms with Gasteiger partial charge in [0.2, 0.25) is 0 Å². The normalized spacial score (nSPS) is 23.7. The molecule has 0 amide bonds. The molecule has 0 saturated heterocycles. The van der Waals surface area contributed by atoms with Crippen molar-refractivity contribution in [2.75, 3.05) is 0 Å². The predicted octanol–water partition coefficient (Wildman–Crippen LogP) is 2.72. The second-order valence-corrected chi connectivity index (χ2v) is 3.75. The van der Waals surface area contributed by atoms with Gasteiger partial charge in [0.1, 0.15) is 17.2 Å². The Morgan fingerprint density at radius 3 is 2.40 bits per heavy atom. The SMILES string of the molecule is CC1(Cc2cc(F)cc(F)c2)C=NN=N1. The molecule has 0 bridgehead atoms. The average Bonchev–Trinajstić information content (AvgIpc) is 2.49. The van der Waals surface area contributed by atoms with Crippen LogP contribution < -0.4 is 0 Å². The van der Waals surface area contributed by atoms with Gasteiger partial charge >= 0.3 is 0 Å². The van der Waals surface area contributed by atoms with E-state index in [1.165, 1.54) is 12.1 Å². The van der Waals surface area contributed by atoms with Gasteiger partial charge in [0.05, 0.1) is 6.21 Å². The molecular weight excluding hydrogens is 200 g/mol. The largest absolute Gasteiger partial charge is 0.207 e. The zero-order valence-electron chi connectivity index (χ0n) is 8.11. The Morgan fingerprint density at radius 2 is 1.87 bits per heavy atom. The topological polar surface area (TPSA) is 37.1 Å². The van der Waals surface area contributed by atoms with Crippen molar-refractivity contribution in [1.29, 1.82) is 0 Å². The summed E-state index contributed by atoms with van der Waals surface area (Å²) in [6.07, 6.45) is 1.95. The summed E-state index contributed by atoms with van der Waals surface area (Å²) in [5, 5.41) is 11.0. The molecule has 1 unspecified atom stereocenters. The van der Waals surface area contributed by atoms with E-state index in [9.17, 15) is 8.78 Å². The average molecular weight is 209 g/mol. The van der Waals surface area contributed by atoms with Gasteiger partial charge in [-0.25, -0.2) is 8.78 Å². The van der Waals surface area contributed by atoms with E-state index in [2.05, 4.69) is 15.4 Å². The van der Waals surface area contributed by atoms with Gasteiger partial charge in [-0.3, -0.25) is 0 Å². The van der Waals surface area contributed by atoms with E-state index in [1.54, 1.807) is 13.1 Å². The molecule has 1 aromatic rings. The van der Waals surface area contributed by atoms with Gasteiger partial charge in [0, 0.05) is 12.5 Å². The second kappa shape index (κ2) is 3.49. The first-order valence-electron chi connectivity index (χ1n) is 4.49. The molecule has 0 N–H and O–H groups in total. The fourth-order valence-corrected chi connectivity index (χ4v) is 1.51. The summed E-state index contributed by atoms with van der Waals surface area (Å²) in [6.45, 7) is 1.80. The second-order valence-electron chi connectivity index (χ2n) is 3.75. The summed E-state index contributed by atoms with van der Waals surface area (Å²) in [6, 6.07) is 3.42. The summed E-state index contributed by atoms with van der Waals surface area (Å²) in [4.78, 5) is 0. The molecule has 1 aliphatic rings. The maximum absolute atomic E-state index is 12.9. The van der Waals surface area contributed by atoms with Gasteiger partial charge in [-0.1, -0.05) is 0 Å². The van der Waals surface area contributed by atoms with Gasteiger partial charge < -0.3 is 0 Å². The van der Waals surface area contributed by atoms with Gasteiger partial charge in [-0.15, -0.1) is 5.10 Å². The summed E-state index contributed by atoms with van der Waals surface area (Å²) >= 11 is 0. The lowest BCUT2D eigenvalue weighted by Gasteiger charge is -2.14. The van der Waals surface area contributed by atoms with Crippen LogP contribution in [-0.4, -0.2) is 11.8 Å². The van der Waals surface area contributed by atoms with Crippen molar-refractivity contribution in [3.63, 3.8) is 0 Å². The first-order valence-corrected chi connectivity index (χ1v) is 4.49. The van der Waals surface area contributed by atoms with Crippen LogP contribution >= 0.6 is 0 Å². The number of halogens is 2. The highest BCUT2D eigenvalue weighted by Gasteiger charge is 2.25. The molecule has 0 aliphatic carbocycles. The van der Waals surface area contributed by atoms with Crippen molar-refractivity contribution >= 4 is 6.21 Å². The minimum atomic E-state index is -0.583. The third kappa shape index (κ3) is 2.23. The van der Waals surface area contributed by atoms with Crippen LogP contribution in [0.1, 0.15) is 12.5 Å². The van der Waals surface area contributed by atoms with Crippen LogP contribution in [0.5, 0.6) is 0 Å². The molecule has 1 heterocycles. The van der Waals surface area contributed by atoms with Crippen molar-refractivity contribution in [2.45, 2.75) is 18.9 Å². The third-order valence-electron chi connectivity index (χ3n) is 2.15. The Kier molecular flexibility index (Phi) is 2.30. The van der Waals surface area contributed by atoms with Crippen LogP contribution in [0.4, 0.5) is 8.78 Å². The van der Waals surface area contributed by atoms with E-state index < -0.39 is 17.2 Å². The molecule has 3 nitrogen and oxygen atoms in total. The molecular formula is C10H9F2N3. The summed E-state index contributed by atoms with van der Waals surface area (Å²) in [7, 11) is 0. The fourth-order valence-electron chi connectivity index (χ4n) is 1.51. The highest BCUT2D eigenvalue weighted by molar-refractivity contribution is 5.71. The lowest BCUT2D eigenvalue weighted by molar-refractivity contribution is 0.568. The maximum Gasteiger partial charge on any atom is 0.126 e. The Hall–Kier alpha value is -1.65. The Morgan fingerprint density at radius 1 is 1.20 bits per heavy atom. The highest BCUT2D eigenvalue weighted by Crippen LogP contribution is 2.21. The first-order chi connectivity index (χ1) is 7.07. The smallest absolute Gasteiger partial charge is 0.126 e. The lowest BCUT2D eigenvalue weighted by Crippen LogP contribution is -2.24. The number of hydrogen-bond acceptors (Lipinski definition) is 3. The standard InChI is InChI=1S/C10H9F2N3/c1-10(6-13-15-14-10)5-7-2-8(11)4-9(12)3-7/h2-4,6H,5H2,1H3. The van der Waals surface area contributed by atoms with Crippen molar-refractivity contribution in [1.82, 2.24) is 0 Å². The molecule has 0 aromatic heterocycles. The highest BCUT2D eigenvalue weighted by atomic mass is 19.1. The molecule has 0 radical (unpaired) electrons. The van der Waals surface area contributed by atoms with Crippen molar-refractivity contribution in [3.8, 4) is 0 Å². The maximum atomic E-state index is 12.9. The van der Waals surface area contributed by atoms with E-state index in [-0.39, 0.29) is 0 Å². The third-order valence-corrected chi connectivity index (χ3v) is 2.15. The molecule has 0 fully saturated rings. The van der Waals surface area contributed by atoms with Gasteiger partial charge in [-0.2, -0.15) is 5.11 Å². The summed E-state index contributed by atoms with van der Waals surface area (Å²) < 4.78 is 25.8. The van der Waals surface area contributed by atoms with E-state index in [0.29, 0.717) is 12.0 Å². The quantitative estimate of drug-likeness (QED) is 0.718. The molecule has 2 rings (SSSR count). The molecule has 78 valence electrons. The molecule has 1 atom stereocenters. The summed E-state index contributed by atoms with van der Waals surface area (Å²) in [5.74, 6) is -1.17.